The topological polar surface area (TPSA) is 146 Å². The van der Waals surface area contributed by atoms with E-state index in [0.717, 1.165) is 5.56 Å². The van der Waals surface area contributed by atoms with Gasteiger partial charge in [-0.2, -0.15) is 4.99 Å². The number of nitro benzene ring substituents is 1. The lowest BCUT2D eigenvalue weighted by molar-refractivity contribution is -0.384. The second-order valence-corrected chi connectivity index (χ2v) is 5.22. The minimum absolute atomic E-state index is 0.102. The van der Waals surface area contributed by atoms with Gasteiger partial charge in [-0.1, -0.05) is 26.8 Å². The quantitative estimate of drug-likeness (QED) is 0.321. The van der Waals surface area contributed by atoms with E-state index in [0.29, 0.717) is 0 Å². The van der Waals surface area contributed by atoms with E-state index in [4.69, 9.17) is 17.2 Å². The number of guanidine groups is 2. The maximum Gasteiger partial charge on any atom is 0.295 e. The van der Waals surface area contributed by atoms with Gasteiger partial charge in [0.25, 0.3) is 5.69 Å². The average molecular weight is 278 g/mol. The Balaban J connectivity index is 3.35. The molecular formula is C12H18N6O2. The fraction of sp³-hybridized carbons (Fsp3) is 0.333. The van der Waals surface area contributed by atoms with Crippen LogP contribution in [-0.4, -0.2) is 16.8 Å². The van der Waals surface area contributed by atoms with E-state index in [2.05, 4.69) is 9.98 Å². The zero-order valence-electron chi connectivity index (χ0n) is 11.6. The Morgan fingerprint density at radius 3 is 2.30 bits per heavy atom. The number of nitrogens with two attached hydrogens (primary N) is 3. The fourth-order valence-electron chi connectivity index (χ4n) is 1.51. The normalized spacial score (nSPS) is 12.1. The van der Waals surface area contributed by atoms with Gasteiger partial charge in [0, 0.05) is 6.07 Å². The van der Waals surface area contributed by atoms with E-state index in [1.54, 1.807) is 6.07 Å². The highest BCUT2D eigenvalue weighted by Gasteiger charge is 2.20. The molecule has 1 rings (SSSR count). The van der Waals surface area contributed by atoms with Crippen LogP contribution in [0.1, 0.15) is 26.3 Å². The monoisotopic (exact) mass is 278 g/mol. The number of hydrogen-bond acceptors (Lipinski definition) is 3. The van der Waals surface area contributed by atoms with Gasteiger partial charge in [0.15, 0.2) is 5.96 Å². The first-order valence-electron chi connectivity index (χ1n) is 5.84. The number of nitrogens with zero attached hydrogens (tertiary/aromatic N) is 3. The first kappa shape index (κ1) is 15.4. The van der Waals surface area contributed by atoms with E-state index in [9.17, 15) is 10.1 Å². The fourth-order valence-corrected chi connectivity index (χ4v) is 1.51. The zero-order chi connectivity index (χ0) is 15.5. The summed E-state index contributed by atoms with van der Waals surface area (Å²) in [5.74, 6) is -0.503. The Kier molecular flexibility index (Phi) is 4.28. The number of hydrogen-bond donors (Lipinski definition) is 3. The third-order valence-electron chi connectivity index (χ3n) is 2.52. The third-order valence-corrected chi connectivity index (χ3v) is 2.52. The molecule has 0 aromatic heterocycles. The summed E-state index contributed by atoms with van der Waals surface area (Å²) in [6, 6.07) is 4.75. The lowest BCUT2D eigenvalue weighted by Crippen LogP contribution is -2.26. The van der Waals surface area contributed by atoms with Crippen molar-refractivity contribution in [1.29, 1.82) is 0 Å². The minimum Gasteiger partial charge on any atom is -0.370 e. The van der Waals surface area contributed by atoms with Crippen molar-refractivity contribution in [2.45, 2.75) is 26.2 Å². The summed E-state index contributed by atoms with van der Waals surface area (Å²) in [5, 5.41) is 11.1. The van der Waals surface area contributed by atoms with Crippen molar-refractivity contribution in [1.82, 2.24) is 0 Å². The van der Waals surface area contributed by atoms with Gasteiger partial charge in [-0.15, -0.1) is 0 Å². The molecule has 0 aliphatic rings. The summed E-state index contributed by atoms with van der Waals surface area (Å²) in [5.41, 5.74) is 16.4. The molecule has 0 heterocycles. The summed E-state index contributed by atoms with van der Waals surface area (Å²) >= 11 is 0. The molecule has 0 atom stereocenters. The van der Waals surface area contributed by atoms with Crippen molar-refractivity contribution in [3.05, 3.63) is 33.9 Å². The average Bonchev–Trinajstić information content (AvgIpc) is 2.26. The molecule has 6 N–H and O–H groups in total. The molecular weight excluding hydrogens is 260 g/mol. The Hall–Kier alpha value is -2.64. The summed E-state index contributed by atoms with van der Waals surface area (Å²) < 4.78 is 0. The van der Waals surface area contributed by atoms with E-state index in [1.165, 1.54) is 12.1 Å². The number of rotatable bonds is 2. The van der Waals surface area contributed by atoms with Crippen LogP contribution in [0, 0.1) is 10.1 Å². The maximum atomic E-state index is 11.1. The van der Waals surface area contributed by atoms with Crippen LogP contribution < -0.4 is 17.2 Å². The van der Waals surface area contributed by atoms with Crippen LogP contribution in [-0.2, 0) is 5.41 Å². The Labute approximate surface area is 116 Å². The molecule has 0 amide bonds. The van der Waals surface area contributed by atoms with E-state index >= 15 is 0 Å². The van der Waals surface area contributed by atoms with Gasteiger partial charge < -0.3 is 17.2 Å². The van der Waals surface area contributed by atoms with Gasteiger partial charge in [0.05, 0.1) is 4.92 Å². The second-order valence-electron chi connectivity index (χ2n) is 5.22. The molecule has 0 aliphatic carbocycles. The predicted octanol–water partition coefficient (Wildman–Crippen LogP) is 1.11. The highest BCUT2D eigenvalue weighted by molar-refractivity contribution is 5.94. The minimum atomic E-state index is -0.517. The summed E-state index contributed by atoms with van der Waals surface area (Å²) in [7, 11) is 0. The lowest BCUT2D eigenvalue weighted by Gasteiger charge is -2.18. The summed E-state index contributed by atoms with van der Waals surface area (Å²) in [6.45, 7) is 5.88. The Morgan fingerprint density at radius 1 is 1.25 bits per heavy atom. The molecule has 0 spiro atoms. The predicted molar refractivity (Wildman–Crippen MR) is 78.9 cm³/mol. The third kappa shape index (κ3) is 3.94. The van der Waals surface area contributed by atoms with Crippen LogP contribution in [0.2, 0.25) is 0 Å². The smallest absolute Gasteiger partial charge is 0.295 e. The van der Waals surface area contributed by atoms with Crippen LogP contribution in [0.3, 0.4) is 0 Å². The molecule has 0 saturated carbocycles. The first-order valence-corrected chi connectivity index (χ1v) is 5.84. The molecule has 0 unspecified atom stereocenters. The van der Waals surface area contributed by atoms with Gasteiger partial charge in [-0.3, -0.25) is 10.1 Å². The molecule has 0 radical (unpaired) electrons. The van der Waals surface area contributed by atoms with Crippen LogP contribution in [0.5, 0.6) is 0 Å². The standard InChI is InChI=1S/C12H18N6O2/c1-12(2,3)7-4-5-8(9(6-7)18(19)20)16-11(15)17-10(13)14/h4-6H,1-3H3,(H6,13,14,15,16,17). The van der Waals surface area contributed by atoms with Gasteiger partial charge >= 0.3 is 0 Å². The molecule has 0 bridgehead atoms. The highest BCUT2D eigenvalue weighted by Crippen LogP contribution is 2.33. The van der Waals surface area contributed by atoms with E-state index < -0.39 is 4.92 Å². The number of aliphatic imine (C=N–C) groups is 2. The van der Waals surface area contributed by atoms with Crippen LogP contribution in [0.25, 0.3) is 0 Å². The van der Waals surface area contributed by atoms with Crippen LogP contribution >= 0.6 is 0 Å². The van der Waals surface area contributed by atoms with Gasteiger partial charge in [0.1, 0.15) is 5.69 Å². The van der Waals surface area contributed by atoms with Crippen molar-refractivity contribution in [2.75, 3.05) is 0 Å². The molecule has 20 heavy (non-hydrogen) atoms. The van der Waals surface area contributed by atoms with Crippen LogP contribution in [0.15, 0.2) is 28.2 Å². The van der Waals surface area contributed by atoms with Gasteiger partial charge in [-0.05, 0) is 17.0 Å². The second kappa shape index (κ2) is 5.55. The molecule has 8 heteroatoms. The van der Waals surface area contributed by atoms with Crippen molar-refractivity contribution < 1.29 is 4.92 Å². The van der Waals surface area contributed by atoms with Crippen molar-refractivity contribution in [2.24, 2.45) is 27.2 Å². The molecule has 0 aliphatic heterocycles. The number of benzene rings is 1. The van der Waals surface area contributed by atoms with Gasteiger partial charge in [0.2, 0.25) is 5.96 Å². The van der Waals surface area contributed by atoms with Crippen molar-refractivity contribution in [3.63, 3.8) is 0 Å². The maximum absolute atomic E-state index is 11.1. The molecule has 1 aromatic carbocycles. The van der Waals surface area contributed by atoms with Crippen LogP contribution in [0.4, 0.5) is 11.4 Å². The Bertz CT molecular complexity index is 582. The largest absolute Gasteiger partial charge is 0.370 e. The summed E-state index contributed by atoms with van der Waals surface area (Å²) in [4.78, 5) is 18.0. The molecule has 108 valence electrons. The lowest BCUT2D eigenvalue weighted by atomic mass is 9.86. The zero-order valence-corrected chi connectivity index (χ0v) is 11.6. The Morgan fingerprint density at radius 2 is 1.85 bits per heavy atom. The molecule has 8 nitrogen and oxygen atoms in total. The van der Waals surface area contributed by atoms with Gasteiger partial charge in [-0.25, -0.2) is 4.99 Å². The highest BCUT2D eigenvalue weighted by atomic mass is 16.6. The summed E-state index contributed by atoms with van der Waals surface area (Å²) in [6.07, 6.45) is 0. The first-order chi connectivity index (χ1) is 9.11. The van der Waals surface area contributed by atoms with Crippen molar-refractivity contribution >= 4 is 23.3 Å². The van der Waals surface area contributed by atoms with E-state index in [1.807, 2.05) is 20.8 Å². The SMILES string of the molecule is CC(C)(C)c1ccc(N=C(N)N=C(N)N)c([N+](=O)[O-])c1. The van der Waals surface area contributed by atoms with Crippen molar-refractivity contribution in [3.8, 4) is 0 Å². The molecule has 0 saturated heterocycles. The molecule has 0 fully saturated rings. The molecule has 1 aromatic rings. The number of nitro groups is 1. The van der Waals surface area contributed by atoms with E-state index in [-0.39, 0.29) is 28.7 Å².